The minimum absolute atomic E-state index is 0.235. The average molecular weight is 290 g/mol. The number of esters is 1. The third-order valence-electron chi connectivity index (χ3n) is 3.74. The number of benzene rings is 1. The van der Waals surface area contributed by atoms with Crippen LogP contribution >= 0.6 is 0 Å². The van der Waals surface area contributed by atoms with Crippen molar-refractivity contribution in [3.05, 3.63) is 48.6 Å². The molecule has 0 aliphatic rings. The Hall–Kier alpha value is -1.61. The van der Waals surface area contributed by atoms with Gasteiger partial charge in [-0.2, -0.15) is 0 Å². The minimum atomic E-state index is -0.693. The second kappa shape index (κ2) is 8.63. The Balaban J connectivity index is 2.99. The fourth-order valence-corrected chi connectivity index (χ4v) is 2.76. The lowest BCUT2D eigenvalue weighted by molar-refractivity contribution is -0.158. The summed E-state index contributed by atoms with van der Waals surface area (Å²) in [6, 6.07) is 9.43. The number of allylic oxidation sites excluding steroid dienone is 1. The first-order valence-electron chi connectivity index (χ1n) is 7.60. The Morgan fingerprint density at radius 2 is 2.05 bits per heavy atom. The van der Waals surface area contributed by atoms with Crippen LogP contribution in [0.15, 0.2) is 43.0 Å². The Labute approximate surface area is 127 Å². The van der Waals surface area contributed by atoms with Crippen molar-refractivity contribution >= 4 is 5.97 Å². The van der Waals surface area contributed by atoms with Gasteiger partial charge in [-0.05, 0) is 31.7 Å². The van der Waals surface area contributed by atoms with Gasteiger partial charge in [-0.25, -0.2) is 0 Å². The van der Waals surface area contributed by atoms with E-state index in [9.17, 15) is 9.90 Å². The van der Waals surface area contributed by atoms with E-state index in [1.807, 2.05) is 37.3 Å². The fourth-order valence-electron chi connectivity index (χ4n) is 2.76. The van der Waals surface area contributed by atoms with Gasteiger partial charge in [-0.15, -0.1) is 6.58 Å². The molecule has 2 atom stereocenters. The topological polar surface area (TPSA) is 46.5 Å². The van der Waals surface area contributed by atoms with Crippen LogP contribution in [0.5, 0.6) is 0 Å². The molecule has 1 aromatic carbocycles. The van der Waals surface area contributed by atoms with E-state index in [2.05, 4.69) is 6.58 Å². The molecule has 0 unspecified atom stereocenters. The molecular weight excluding hydrogens is 264 g/mol. The van der Waals surface area contributed by atoms with E-state index in [-0.39, 0.29) is 5.97 Å². The zero-order valence-corrected chi connectivity index (χ0v) is 13.0. The van der Waals surface area contributed by atoms with E-state index < -0.39 is 11.5 Å². The molecular formula is C18H26O3. The molecule has 116 valence electrons. The van der Waals surface area contributed by atoms with Crippen LogP contribution in [0.25, 0.3) is 0 Å². The Morgan fingerprint density at radius 1 is 1.38 bits per heavy atom. The van der Waals surface area contributed by atoms with Crippen molar-refractivity contribution in [2.45, 2.75) is 45.6 Å². The van der Waals surface area contributed by atoms with Gasteiger partial charge in [0.2, 0.25) is 0 Å². The molecule has 3 nitrogen and oxygen atoms in total. The summed E-state index contributed by atoms with van der Waals surface area (Å²) in [4.78, 5) is 12.4. The molecule has 0 aromatic heterocycles. The Kier molecular flexibility index (Phi) is 7.17. The number of carbonyl (C=O) groups excluding carboxylic acids is 1. The van der Waals surface area contributed by atoms with Crippen LogP contribution in [0.2, 0.25) is 0 Å². The second-order valence-corrected chi connectivity index (χ2v) is 5.37. The van der Waals surface area contributed by atoms with Gasteiger partial charge < -0.3 is 9.84 Å². The van der Waals surface area contributed by atoms with Crippen molar-refractivity contribution in [2.75, 3.05) is 6.61 Å². The molecule has 0 fully saturated rings. The van der Waals surface area contributed by atoms with E-state index in [0.29, 0.717) is 25.9 Å². The standard InChI is InChI=1S/C18H26O3/c1-4-12-18(13-5-2,17(20)21-6-3)14-16(19)15-10-8-7-9-11-15/h4,7-11,16,19H,1,5-6,12-14H2,2-3H3/t16-,18+/m0/s1. The zero-order chi connectivity index (χ0) is 15.7. The smallest absolute Gasteiger partial charge is 0.312 e. The zero-order valence-electron chi connectivity index (χ0n) is 13.0. The molecule has 0 aliphatic heterocycles. The summed E-state index contributed by atoms with van der Waals surface area (Å²) in [6.45, 7) is 7.95. The predicted molar refractivity (Wildman–Crippen MR) is 84.8 cm³/mol. The number of aliphatic hydroxyl groups excluding tert-OH is 1. The van der Waals surface area contributed by atoms with E-state index in [1.54, 1.807) is 13.0 Å². The van der Waals surface area contributed by atoms with Crippen LogP contribution in [-0.2, 0) is 9.53 Å². The van der Waals surface area contributed by atoms with E-state index in [0.717, 1.165) is 12.0 Å². The number of hydrogen-bond acceptors (Lipinski definition) is 3. The van der Waals surface area contributed by atoms with Crippen molar-refractivity contribution in [1.82, 2.24) is 0 Å². The summed E-state index contributed by atoms with van der Waals surface area (Å²) in [5, 5.41) is 10.5. The van der Waals surface area contributed by atoms with Gasteiger partial charge in [0, 0.05) is 0 Å². The van der Waals surface area contributed by atoms with Crippen molar-refractivity contribution in [1.29, 1.82) is 0 Å². The predicted octanol–water partition coefficient (Wildman–Crippen LogP) is 4.04. The lowest BCUT2D eigenvalue weighted by atomic mass is 9.74. The molecule has 0 saturated carbocycles. The van der Waals surface area contributed by atoms with Gasteiger partial charge in [0.1, 0.15) is 0 Å². The monoisotopic (exact) mass is 290 g/mol. The molecule has 1 N–H and O–H groups in total. The molecule has 0 saturated heterocycles. The molecule has 3 heteroatoms. The molecule has 0 amide bonds. The molecule has 1 rings (SSSR count). The van der Waals surface area contributed by atoms with Crippen molar-refractivity contribution in [2.24, 2.45) is 5.41 Å². The van der Waals surface area contributed by atoms with Gasteiger partial charge in [0.05, 0.1) is 18.1 Å². The first-order valence-corrected chi connectivity index (χ1v) is 7.60. The second-order valence-electron chi connectivity index (χ2n) is 5.37. The van der Waals surface area contributed by atoms with Crippen LogP contribution in [0.3, 0.4) is 0 Å². The highest BCUT2D eigenvalue weighted by Crippen LogP contribution is 2.39. The number of hydrogen-bond donors (Lipinski definition) is 1. The normalized spacial score (nSPS) is 15.0. The number of ether oxygens (including phenoxy) is 1. The number of aliphatic hydroxyl groups is 1. The minimum Gasteiger partial charge on any atom is -0.466 e. The molecule has 0 aliphatic carbocycles. The largest absolute Gasteiger partial charge is 0.466 e. The first-order chi connectivity index (χ1) is 10.1. The summed E-state index contributed by atoms with van der Waals surface area (Å²) in [6.07, 6.45) is 3.47. The average Bonchev–Trinajstić information content (AvgIpc) is 2.48. The lowest BCUT2D eigenvalue weighted by Crippen LogP contribution is -2.34. The highest BCUT2D eigenvalue weighted by atomic mass is 16.5. The van der Waals surface area contributed by atoms with E-state index in [1.165, 1.54) is 0 Å². The Morgan fingerprint density at radius 3 is 2.57 bits per heavy atom. The maximum absolute atomic E-state index is 12.4. The van der Waals surface area contributed by atoms with Crippen molar-refractivity contribution in [3.63, 3.8) is 0 Å². The molecule has 21 heavy (non-hydrogen) atoms. The van der Waals surface area contributed by atoms with Crippen molar-refractivity contribution < 1.29 is 14.6 Å². The quantitative estimate of drug-likeness (QED) is 0.551. The molecule has 0 bridgehead atoms. The molecule has 0 radical (unpaired) electrons. The lowest BCUT2D eigenvalue weighted by Gasteiger charge is -2.32. The third kappa shape index (κ3) is 4.71. The summed E-state index contributed by atoms with van der Waals surface area (Å²) in [7, 11) is 0. The maximum atomic E-state index is 12.4. The van der Waals surface area contributed by atoms with E-state index >= 15 is 0 Å². The number of carbonyl (C=O) groups is 1. The van der Waals surface area contributed by atoms with Gasteiger partial charge >= 0.3 is 5.97 Å². The fraction of sp³-hybridized carbons (Fsp3) is 0.500. The van der Waals surface area contributed by atoms with Crippen LogP contribution in [-0.4, -0.2) is 17.7 Å². The highest BCUT2D eigenvalue weighted by Gasteiger charge is 2.40. The highest BCUT2D eigenvalue weighted by molar-refractivity contribution is 5.77. The van der Waals surface area contributed by atoms with Gasteiger partial charge in [0.15, 0.2) is 0 Å². The SMILES string of the molecule is C=CC[C@@](CCC)(C[C@H](O)c1ccccc1)C(=O)OCC. The molecule has 0 spiro atoms. The summed E-state index contributed by atoms with van der Waals surface area (Å²) in [5.74, 6) is -0.235. The van der Waals surface area contributed by atoms with E-state index in [4.69, 9.17) is 4.74 Å². The summed E-state index contributed by atoms with van der Waals surface area (Å²) < 4.78 is 5.25. The Bertz CT molecular complexity index is 441. The van der Waals surface area contributed by atoms with Crippen LogP contribution in [0, 0.1) is 5.41 Å². The summed E-state index contributed by atoms with van der Waals surface area (Å²) in [5.41, 5.74) is 0.133. The summed E-state index contributed by atoms with van der Waals surface area (Å²) >= 11 is 0. The molecule has 0 heterocycles. The number of rotatable bonds is 9. The first kappa shape index (κ1) is 17.4. The van der Waals surface area contributed by atoms with Gasteiger partial charge in [-0.3, -0.25) is 4.79 Å². The van der Waals surface area contributed by atoms with Gasteiger partial charge in [0.25, 0.3) is 0 Å². The van der Waals surface area contributed by atoms with Crippen LogP contribution < -0.4 is 0 Å². The van der Waals surface area contributed by atoms with Crippen LogP contribution in [0.4, 0.5) is 0 Å². The van der Waals surface area contributed by atoms with Crippen molar-refractivity contribution in [3.8, 4) is 0 Å². The van der Waals surface area contributed by atoms with Gasteiger partial charge in [-0.1, -0.05) is 49.8 Å². The van der Waals surface area contributed by atoms with Crippen LogP contribution in [0.1, 0.15) is 51.2 Å². The third-order valence-corrected chi connectivity index (χ3v) is 3.74. The maximum Gasteiger partial charge on any atom is 0.312 e. The molecule has 1 aromatic rings.